The summed E-state index contributed by atoms with van der Waals surface area (Å²) in [6, 6.07) is 0. The van der Waals surface area contributed by atoms with Crippen molar-refractivity contribution < 1.29 is 4.74 Å². The summed E-state index contributed by atoms with van der Waals surface area (Å²) in [5.74, 6) is 0.931. The van der Waals surface area contributed by atoms with Crippen LogP contribution < -0.4 is 0 Å². The molecule has 0 heterocycles. The van der Waals surface area contributed by atoms with Crippen LogP contribution in [0.5, 0.6) is 0 Å². The molecule has 0 amide bonds. The molecule has 0 N–H and O–H groups in total. The van der Waals surface area contributed by atoms with E-state index in [1.165, 1.54) is 64.2 Å². The van der Waals surface area contributed by atoms with E-state index in [9.17, 15) is 0 Å². The van der Waals surface area contributed by atoms with Gasteiger partial charge < -0.3 is 4.74 Å². The molecule has 0 atom stereocenters. The Hall–Kier alpha value is -0.460. The van der Waals surface area contributed by atoms with Gasteiger partial charge in [-0.25, -0.2) is 0 Å². The molecule has 0 radical (unpaired) electrons. The van der Waals surface area contributed by atoms with E-state index in [1.807, 2.05) is 0 Å². The van der Waals surface area contributed by atoms with Crippen molar-refractivity contribution in [2.45, 2.75) is 84.5 Å². The number of allylic oxidation sites excluding steroid dienone is 1. The van der Waals surface area contributed by atoms with Crippen molar-refractivity contribution in [3.05, 3.63) is 12.3 Å². The molecule has 0 aliphatic rings. The molecule has 17 heavy (non-hydrogen) atoms. The van der Waals surface area contributed by atoms with Gasteiger partial charge >= 0.3 is 0 Å². The molecule has 0 fully saturated rings. The zero-order chi connectivity index (χ0) is 12.8. The summed E-state index contributed by atoms with van der Waals surface area (Å²) in [6.45, 7) is 9.06. The van der Waals surface area contributed by atoms with Crippen molar-refractivity contribution in [1.82, 2.24) is 0 Å². The predicted octanol–water partition coefficient (Wildman–Crippen LogP) is 5.85. The van der Waals surface area contributed by atoms with Gasteiger partial charge in [0.2, 0.25) is 0 Å². The molecular weight excluding hydrogens is 208 g/mol. The van der Waals surface area contributed by atoms with Crippen molar-refractivity contribution in [2.75, 3.05) is 6.61 Å². The Labute approximate surface area is 109 Å². The minimum absolute atomic E-state index is 0.864. The fourth-order valence-electron chi connectivity index (χ4n) is 1.91. The van der Waals surface area contributed by atoms with Crippen LogP contribution >= 0.6 is 0 Å². The number of hydrogen-bond donors (Lipinski definition) is 0. The Morgan fingerprint density at radius 2 is 1.24 bits per heavy atom. The molecule has 1 nitrogen and oxygen atoms in total. The maximum Gasteiger partial charge on any atom is 0.0885 e. The Morgan fingerprint density at radius 3 is 1.71 bits per heavy atom. The van der Waals surface area contributed by atoms with E-state index < -0.39 is 0 Å². The van der Waals surface area contributed by atoms with Crippen molar-refractivity contribution >= 4 is 0 Å². The highest BCUT2D eigenvalue weighted by Gasteiger charge is 1.94. The van der Waals surface area contributed by atoms with Gasteiger partial charge in [-0.15, -0.1) is 0 Å². The van der Waals surface area contributed by atoms with Crippen LogP contribution in [0.2, 0.25) is 0 Å². The van der Waals surface area contributed by atoms with E-state index in [4.69, 9.17) is 4.74 Å². The molecule has 0 bridgehead atoms. The molecule has 0 aliphatic carbocycles. The number of rotatable bonds is 13. The summed E-state index contributed by atoms with van der Waals surface area (Å²) in [7, 11) is 0. The SMILES string of the molecule is C=C(CC)OCCCCCCCCCCCC. The summed E-state index contributed by atoms with van der Waals surface area (Å²) in [5, 5.41) is 0. The maximum atomic E-state index is 5.47. The van der Waals surface area contributed by atoms with Gasteiger partial charge in [0.25, 0.3) is 0 Å². The van der Waals surface area contributed by atoms with Gasteiger partial charge in [0.15, 0.2) is 0 Å². The first-order valence-corrected chi connectivity index (χ1v) is 7.61. The van der Waals surface area contributed by atoms with Crippen LogP contribution in [-0.2, 0) is 4.74 Å². The normalized spacial score (nSPS) is 10.5. The van der Waals surface area contributed by atoms with Crippen molar-refractivity contribution in [3.63, 3.8) is 0 Å². The Bertz CT molecular complexity index is 163. The Morgan fingerprint density at radius 1 is 0.765 bits per heavy atom. The zero-order valence-electron chi connectivity index (χ0n) is 12.1. The van der Waals surface area contributed by atoms with E-state index >= 15 is 0 Å². The topological polar surface area (TPSA) is 9.23 Å². The number of ether oxygens (including phenoxy) is 1. The third-order valence-electron chi connectivity index (χ3n) is 3.20. The average molecular weight is 240 g/mol. The van der Waals surface area contributed by atoms with Crippen molar-refractivity contribution in [3.8, 4) is 0 Å². The fourth-order valence-corrected chi connectivity index (χ4v) is 1.91. The lowest BCUT2D eigenvalue weighted by atomic mass is 10.1. The standard InChI is InChI=1S/C16H32O/c1-4-6-7-8-9-10-11-12-13-14-15-17-16(3)5-2/h3-15H2,1-2H3. The molecule has 1 heteroatoms. The van der Waals surface area contributed by atoms with Gasteiger partial charge in [0, 0.05) is 6.42 Å². The van der Waals surface area contributed by atoms with E-state index in [0.29, 0.717) is 0 Å². The molecule has 0 saturated heterocycles. The highest BCUT2D eigenvalue weighted by atomic mass is 16.5. The summed E-state index contributed by atoms with van der Waals surface area (Å²) < 4.78 is 5.47. The van der Waals surface area contributed by atoms with Crippen LogP contribution in [-0.4, -0.2) is 6.61 Å². The van der Waals surface area contributed by atoms with Gasteiger partial charge in [0.05, 0.1) is 12.4 Å². The second-order valence-corrected chi connectivity index (χ2v) is 4.92. The molecule has 0 aromatic heterocycles. The lowest BCUT2D eigenvalue weighted by Gasteiger charge is -2.06. The van der Waals surface area contributed by atoms with E-state index in [1.54, 1.807) is 0 Å². The molecular formula is C16H32O. The molecule has 0 aromatic carbocycles. The number of unbranched alkanes of at least 4 members (excludes halogenated alkanes) is 9. The van der Waals surface area contributed by atoms with Crippen LogP contribution in [0.25, 0.3) is 0 Å². The molecule has 0 rings (SSSR count). The average Bonchev–Trinajstić information content (AvgIpc) is 2.35. The summed E-state index contributed by atoms with van der Waals surface area (Å²) in [4.78, 5) is 0. The van der Waals surface area contributed by atoms with E-state index in [-0.39, 0.29) is 0 Å². The second kappa shape index (κ2) is 13.6. The van der Waals surface area contributed by atoms with Gasteiger partial charge in [-0.1, -0.05) is 78.2 Å². The van der Waals surface area contributed by atoms with Gasteiger partial charge in [-0.2, -0.15) is 0 Å². The maximum absolute atomic E-state index is 5.47. The monoisotopic (exact) mass is 240 g/mol. The predicted molar refractivity (Wildman–Crippen MR) is 77.2 cm³/mol. The van der Waals surface area contributed by atoms with Gasteiger partial charge in [-0.3, -0.25) is 0 Å². The second-order valence-electron chi connectivity index (χ2n) is 4.92. The lowest BCUT2D eigenvalue weighted by molar-refractivity contribution is 0.199. The summed E-state index contributed by atoms with van der Waals surface area (Å²) >= 11 is 0. The first-order valence-electron chi connectivity index (χ1n) is 7.61. The minimum Gasteiger partial charge on any atom is -0.499 e. The molecule has 102 valence electrons. The first-order chi connectivity index (χ1) is 8.31. The summed E-state index contributed by atoms with van der Waals surface area (Å²) in [6.07, 6.45) is 14.7. The van der Waals surface area contributed by atoms with Gasteiger partial charge in [0.1, 0.15) is 0 Å². The van der Waals surface area contributed by atoms with Crippen LogP contribution in [0.3, 0.4) is 0 Å². The Kier molecular flexibility index (Phi) is 13.2. The lowest BCUT2D eigenvalue weighted by Crippen LogP contribution is -1.93. The molecule has 0 aliphatic heterocycles. The third-order valence-corrected chi connectivity index (χ3v) is 3.20. The van der Waals surface area contributed by atoms with Crippen LogP contribution in [0.1, 0.15) is 84.5 Å². The molecule has 0 saturated carbocycles. The van der Waals surface area contributed by atoms with Crippen molar-refractivity contribution in [1.29, 1.82) is 0 Å². The molecule has 0 unspecified atom stereocenters. The van der Waals surface area contributed by atoms with Crippen molar-refractivity contribution in [2.24, 2.45) is 0 Å². The van der Waals surface area contributed by atoms with Crippen LogP contribution in [0.15, 0.2) is 12.3 Å². The fraction of sp³-hybridized carbons (Fsp3) is 0.875. The molecule has 0 aromatic rings. The van der Waals surface area contributed by atoms with E-state index in [2.05, 4.69) is 20.4 Å². The highest BCUT2D eigenvalue weighted by Crippen LogP contribution is 2.11. The Balaban J connectivity index is 2.96. The minimum atomic E-state index is 0.864. The van der Waals surface area contributed by atoms with Crippen LogP contribution in [0.4, 0.5) is 0 Å². The van der Waals surface area contributed by atoms with Gasteiger partial charge in [-0.05, 0) is 6.42 Å². The largest absolute Gasteiger partial charge is 0.499 e. The smallest absolute Gasteiger partial charge is 0.0885 e. The van der Waals surface area contributed by atoms with Crippen LogP contribution in [0, 0.1) is 0 Å². The molecule has 0 spiro atoms. The van der Waals surface area contributed by atoms with E-state index in [0.717, 1.165) is 18.8 Å². The third kappa shape index (κ3) is 13.5. The quantitative estimate of drug-likeness (QED) is 0.290. The summed E-state index contributed by atoms with van der Waals surface area (Å²) in [5.41, 5.74) is 0. The highest BCUT2D eigenvalue weighted by molar-refractivity contribution is 4.79. The zero-order valence-corrected chi connectivity index (χ0v) is 12.1. The number of hydrogen-bond acceptors (Lipinski definition) is 1. The first kappa shape index (κ1) is 16.5.